The lowest BCUT2D eigenvalue weighted by atomic mass is 9.91. The number of rotatable bonds is 1. The van der Waals surface area contributed by atoms with Crippen molar-refractivity contribution in [1.29, 1.82) is 0 Å². The smallest absolute Gasteiger partial charge is 0.410 e. The van der Waals surface area contributed by atoms with Gasteiger partial charge in [0.2, 0.25) is 5.91 Å². The van der Waals surface area contributed by atoms with E-state index in [1.54, 1.807) is 11.0 Å². The average molecular weight is 425 g/mol. The minimum absolute atomic E-state index is 0.104. The fourth-order valence-electron chi connectivity index (χ4n) is 4.75. The van der Waals surface area contributed by atoms with Gasteiger partial charge in [-0.05, 0) is 69.7 Å². The molecule has 0 aromatic heterocycles. The first kappa shape index (κ1) is 19.8. The Morgan fingerprint density at radius 2 is 1.96 bits per heavy atom. The summed E-state index contributed by atoms with van der Waals surface area (Å²) in [5.41, 5.74) is 1.10. The minimum Gasteiger partial charge on any atom is -0.444 e. The third-order valence-electron chi connectivity index (χ3n) is 6.17. The minimum atomic E-state index is -0.538. The Hall–Kier alpha value is -1.46. The summed E-state index contributed by atoms with van der Waals surface area (Å²) >= 11 is 12.6. The Morgan fingerprint density at radius 3 is 2.64 bits per heavy atom. The maximum atomic E-state index is 13.5. The molecule has 1 aromatic carbocycles. The molecule has 3 atom stereocenters. The quantitative estimate of drug-likeness (QED) is 0.656. The summed E-state index contributed by atoms with van der Waals surface area (Å²) in [6.07, 6.45) is 1.25. The van der Waals surface area contributed by atoms with Crippen LogP contribution in [0.25, 0.3) is 0 Å². The third kappa shape index (κ3) is 3.26. The highest BCUT2D eigenvalue weighted by molar-refractivity contribution is 6.35. The second-order valence-electron chi connectivity index (χ2n) is 9.30. The van der Waals surface area contributed by atoms with Crippen molar-refractivity contribution in [3.63, 3.8) is 0 Å². The predicted molar refractivity (Wildman–Crippen MR) is 109 cm³/mol. The molecule has 3 aliphatic rings. The second-order valence-corrected chi connectivity index (χ2v) is 10.1. The number of hydrogen-bond donors (Lipinski definition) is 0. The molecule has 152 valence electrons. The Kier molecular flexibility index (Phi) is 4.63. The first-order valence-corrected chi connectivity index (χ1v) is 10.5. The van der Waals surface area contributed by atoms with Crippen LogP contribution in [-0.4, -0.2) is 47.0 Å². The highest BCUT2D eigenvalue weighted by atomic mass is 35.5. The van der Waals surface area contributed by atoms with E-state index >= 15 is 0 Å². The Morgan fingerprint density at radius 1 is 1.25 bits per heavy atom. The number of benzene rings is 1. The summed E-state index contributed by atoms with van der Waals surface area (Å²) in [4.78, 5) is 29.5. The molecule has 0 spiro atoms. The molecule has 1 aromatic rings. The molecule has 0 radical (unpaired) electrons. The van der Waals surface area contributed by atoms with E-state index in [0.29, 0.717) is 29.7 Å². The Balaban J connectivity index is 1.51. The molecule has 1 aliphatic carbocycles. The third-order valence-corrected chi connectivity index (χ3v) is 6.70. The van der Waals surface area contributed by atoms with Gasteiger partial charge in [-0.15, -0.1) is 0 Å². The van der Waals surface area contributed by atoms with Crippen LogP contribution in [0, 0.1) is 11.3 Å². The molecule has 28 heavy (non-hydrogen) atoms. The summed E-state index contributed by atoms with van der Waals surface area (Å²) < 4.78 is 5.49. The largest absolute Gasteiger partial charge is 0.444 e. The Labute approximate surface area is 175 Å². The number of fused-ring (bicyclic) bond motifs is 2. The van der Waals surface area contributed by atoms with Gasteiger partial charge in [0.15, 0.2) is 0 Å². The highest BCUT2D eigenvalue weighted by Gasteiger charge is 2.67. The Bertz CT molecular complexity index is 851. The van der Waals surface area contributed by atoms with Gasteiger partial charge in [-0.3, -0.25) is 4.79 Å². The van der Waals surface area contributed by atoms with Gasteiger partial charge in [0.1, 0.15) is 5.60 Å². The number of ether oxygens (including phenoxy) is 1. The molecule has 5 nitrogen and oxygen atoms in total. The van der Waals surface area contributed by atoms with Gasteiger partial charge in [-0.25, -0.2) is 4.79 Å². The number of halogens is 2. The number of likely N-dealkylation sites (tertiary alicyclic amines) is 1. The first-order valence-electron chi connectivity index (χ1n) is 9.79. The van der Waals surface area contributed by atoms with Crippen LogP contribution in [0.3, 0.4) is 0 Å². The summed E-state index contributed by atoms with van der Waals surface area (Å²) in [5, 5.41) is 1.24. The van der Waals surface area contributed by atoms with Crippen LogP contribution in [0.4, 0.5) is 4.79 Å². The standard InChI is InChI=1S/C21H26Cl2N2O3/c1-12-17-13(7-15(22)8-16(17)23)5-6-25(12)18(26)21-9-14(21)10-24(11-21)19(27)28-20(2,3)4/h7-8,12,14H,5-6,9-11H2,1-4H3/t12-,14?,21?/m0/s1. The van der Waals surface area contributed by atoms with Crippen molar-refractivity contribution in [2.24, 2.45) is 11.3 Å². The van der Waals surface area contributed by atoms with Crippen LogP contribution in [0.2, 0.25) is 10.0 Å². The summed E-state index contributed by atoms with van der Waals surface area (Å²) in [6.45, 7) is 9.25. The molecule has 2 aliphatic heterocycles. The van der Waals surface area contributed by atoms with Gasteiger partial charge < -0.3 is 14.5 Å². The topological polar surface area (TPSA) is 49.9 Å². The number of nitrogens with zero attached hydrogens (tertiary/aromatic N) is 2. The van der Waals surface area contributed by atoms with Gasteiger partial charge in [0.05, 0.1) is 11.5 Å². The second kappa shape index (κ2) is 6.53. The van der Waals surface area contributed by atoms with Gasteiger partial charge in [-0.2, -0.15) is 0 Å². The van der Waals surface area contributed by atoms with E-state index in [1.807, 2.05) is 38.7 Å². The van der Waals surface area contributed by atoms with E-state index in [-0.39, 0.29) is 24.0 Å². The number of amides is 2. The summed E-state index contributed by atoms with van der Waals surface area (Å²) in [5.74, 6) is 0.356. The fraction of sp³-hybridized carbons (Fsp3) is 0.619. The zero-order chi connectivity index (χ0) is 20.4. The van der Waals surface area contributed by atoms with Gasteiger partial charge >= 0.3 is 6.09 Å². The molecule has 2 heterocycles. The SMILES string of the molecule is C[C@H]1c2c(Cl)cc(Cl)cc2CCN1C(=O)C12CC1CN(C(=O)OC(C)(C)C)C2. The summed E-state index contributed by atoms with van der Waals surface area (Å²) in [6, 6.07) is 3.58. The first-order chi connectivity index (χ1) is 13.0. The molecule has 1 saturated carbocycles. The van der Waals surface area contributed by atoms with E-state index in [2.05, 4.69) is 0 Å². The van der Waals surface area contributed by atoms with Crippen LogP contribution in [0.15, 0.2) is 12.1 Å². The molecule has 2 fully saturated rings. The van der Waals surface area contributed by atoms with Gasteiger partial charge in [0.25, 0.3) is 0 Å². The molecule has 2 unspecified atom stereocenters. The van der Waals surface area contributed by atoms with Crippen molar-refractivity contribution < 1.29 is 14.3 Å². The van der Waals surface area contributed by atoms with E-state index < -0.39 is 11.0 Å². The van der Waals surface area contributed by atoms with Crippen LogP contribution in [0.5, 0.6) is 0 Å². The average Bonchev–Trinajstić information content (AvgIpc) is 3.14. The summed E-state index contributed by atoms with van der Waals surface area (Å²) in [7, 11) is 0. The van der Waals surface area contributed by atoms with Crippen molar-refractivity contribution in [3.05, 3.63) is 33.3 Å². The fourth-order valence-corrected chi connectivity index (χ4v) is 5.44. The van der Waals surface area contributed by atoms with Crippen molar-refractivity contribution in [1.82, 2.24) is 9.80 Å². The maximum absolute atomic E-state index is 13.5. The van der Waals surface area contributed by atoms with E-state index in [4.69, 9.17) is 27.9 Å². The lowest BCUT2D eigenvalue weighted by Crippen LogP contribution is -2.46. The van der Waals surface area contributed by atoms with Gasteiger partial charge in [-0.1, -0.05) is 23.2 Å². The zero-order valence-electron chi connectivity index (χ0n) is 16.7. The molecule has 4 rings (SSSR count). The van der Waals surface area contributed by atoms with Crippen molar-refractivity contribution >= 4 is 35.2 Å². The van der Waals surface area contributed by atoms with Crippen molar-refractivity contribution in [2.75, 3.05) is 19.6 Å². The lowest BCUT2D eigenvalue weighted by Gasteiger charge is -2.38. The molecule has 2 amide bonds. The molecule has 0 N–H and O–H groups in total. The number of hydrogen-bond acceptors (Lipinski definition) is 3. The molecule has 1 saturated heterocycles. The zero-order valence-corrected chi connectivity index (χ0v) is 18.2. The monoisotopic (exact) mass is 424 g/mol. The van der Waals surface area contributed by atoms with Crippen molar-refractivity contribution in [3.8, 4) is 0 Å². The predicted octanol–water partition coefficient (Wildman–Crippen LogP) is 4.70. The number of piperidine rings is 1. The molecule has 7 heteroatoms. The molecular formula is C21H26Cl2N2O3. The molecule has 0 bridgehead atoms. The normalized spacial score (nSPS) is 28.6. The highest BCUT2D eigenvalue weighted by Crippen LogP contribution is 2.59. The molecular weight excluding hydrogens is 399 g/mol. The van der Waals surface area contributed by atoms with Crippen molar-refractivity contribution in [2.45, 2.75) is 52.2 Å². The maximum Gasteiger partial charge on any atom is 0.410 e. The van der Waals surface area contributed by atoms with E-state index in [1.165, 1.54) is 0 Å². The number of carbonyl (C=O) groups is 2. The van der Waals surface area contributed by atoms with E-state index in [9.17, 15) is 9.59 Å². The van der Waals surface area contributed by atoms with Gasteiger partial charge in [0, 0.05) is 29.7 Å². The van der Waals surface area contributed by atoms with Crippen LogP contribution in [-0.2, 0) is 16.0 Å². The lowest BCUT2D eigenvalue weighted by molar-refractivity contribution is -0.139. The van der Waals surface area contributed by atoms with Crippen LogP contribution < -0.4 is 0 Å². The van der Waals surface area contributed by atoms with Crippen LogP contribution >= 0.6 is 23.2 Å². The van der Waals surface area contributed by atoms with Crippen LogP contribution in [0.1, 0.15) is 51.3 Å². The van der Waals surface area contributed by atoms with E-state index in [0.717, 1.165) is 24.0 Å². The number of carbonyl (C=O) groups excluding carboxylic acids is 2.